The van der Waals surface area contributed by atoms with Crippen molar-refractivity contribution < 1.29 is 13.0 Å². The average molecular weight is 411 g/mol. The van der Waals surface area contributed by atoms with Gasteiger partial charge in [0.25, 0.3) is 10.0 Å². The van der Waals surface area contributed by atoms with Gasteiger partial charge in [-0.15, -0.1) is 0 Å². The zero-order valence-electron chi connectivity index (χ0n) is 11.2. The van der Waals surface area contributed by atoms with Crippen LogP contribution in [0.4, 0.5) is 5.13 Å². The Morgan fingerprint density at radius 1 is 1.13 bits per heavy atom. The molecule has 0 unspecified atom stereocenters. The van der Waals surface area contributed by atoms with Gasteiger partial charge in [0.2, 0.25) is 0 Å². The Bertz CT molecular complexity index is 1140. The molecule has 4 rings (SSSR count). The zero-order valence-corrected chi connectivity index (χ0v) is 14.4. The largest absolute Gasteiger partial charge is 0.266 e. The first kappa shape index (κ1) is 14.5. The second-order valence-corrected chi connectivity index (χ2v) is 8.22. The fourth-order valence-electron chi connectivity index (χ4n) is 2.11. The van der Waals surface area contributed by atoms with Crippen molar-refractivity contribution >= 4 is 63.7 Å². The number of halogens is 1. The molecule has 0 saturated heterocycles. The van der Waals surface area contributed by atoms with Crippen LogP contribution in [-0.4, -0.2) is 23.7 Å². The number of nitrogens with one attached hydrogen (secondary N) is 1. The quantitative estimate of drug-likeness (QED) is 0.555. The van der Waals surface area contributed by atoms with Crippen LogP contribution in [0.5, 0.6) is 0 Å². The molecule has 0 radical (unpaired) electrons. The molecule has 0 aliphatic heterocycles. The lowest BCUT2D eigenvalue weighted by molar-refractivity contribution is 0.315. The van der Waals surface area contributed by atoms with Crippen molar-refractivity contribution in [1.29, 1.82) is 0 Å². The normalized spacial score (nSPS) is 12.0. The van der Waals surface area contributed by atoms with E-state index in [1.807, 2.05) is 18.2 Å². The van der Waals surface area contributed by atoms with E-state index in [0.29, 0.717) is 5.52 Å². The summed E-state index contributed by atoms with van der Waals surface area (Å²) in [6.45, 7) is 0. The summed E-state index contributed by atoms with van der Waals surface area (Å²) in [5.41, 5.74) is 1.28. The molecule has 0 amide bonds. The Hall–Kier alpha value is -2.04. The van der Waals surface area contributed by atoms with Crippen LogP contribution in [0.15, 0.2) is 50.4 Å². The lowest BCUT2D eigenvalue weighted by Gasteiger charge is -2.04. The Balaban J connectivity index is 1.78. The second kappa shape index (κ2) is 5.25. The predicted octanol–water partition coefficient (Wildman–Crippen LogP) is 3.40. The maximum Gasteiger partial charge on any atom is 0.266 e. The van der Waals surface area contributed by atoms with Gasteiger partial charge < -0.3 is 0 Å². The van der Waals surface area contributed by atoms with Crippen molar-refractivity contribution in [1.82, 2.24) is 15.3 Å². The van der Waals surface area contributed by atoms with Gasteiger partial charge in [-0.3, -0.25) is 4.72 Å². The number of anilines is 1. The molecule has 0 aliphatic rings. The van der Waals surface area contributed by atoms with Crippen molar-refractivity contribution in [2.24, 2.45) is 0 Å². The minimum Gasteiger partial charge on any atom is -0.255 e. The van der Waals surface area contributed by atoms with Crippen molar-refractivity contribution in [2.45, 2.75) is 4.90 Å². The monoisotopic (exact) mass is 410 g/mol. The van der Waals surface area contributed by atoms with Crippen LogP contribution in [0, 0.1) is 0 Å². The predicted molar refractivity (Wildman–Crippen MR) is 89.9 cm³/mol. The molecule has 23 heavy (non-hydrogen) atoms. The molecule has 4 aromatic rings. The first-order valence-electron chi connectivity index (χ1n) is 6.33. The fourth-order valence-corrected chi connectivity index (χ4v) is 4.91. The van der Waals surface area contributed by atoms with Crippen molar-refractivity contribution in [3.05, 3.63) is 40.9 Å². The van der Waals surface area contributed by atoms with Gasteiger partial charge in [-0.05, 0) is 40.6 Å². The summed E-state index contributed by atoms with van der Waals surface area (Å²) in [4.78, 5) is 4.28. The summed E-state index contributed by atoms with van der Waals surface area (Å²) in [6, 6.07) is 10.2. The van der Waals surface area contributed by atoms with E-state index in [4.69, 9.17) is 0 Å². The van der Waals surface area contributed by atoms with E-state index in [9.17, 15) is 8.42 Å². The van der Waals surface area contributed by atoms with E-state index in [2.05, 4.69) is 40.6 Å². The van der Waals surface area contributed by atoms with Gasteiger partial charge in [-0.2, -0.15) is 0 Å². The highest BCUT2D eigenvalue weighted by molar-refractivity contribution is 9.10. The van der Waals surface area contributed by atoms with Crippen LogP contribution in [0.1, 0.15) is 0 Å². The first-order valence-corrected chi connectivity index (χ1v) is 9.42. The summed E-state index contributed by atoms with van der Waals surface area (Å²) in [5, 5.41) is 7.58. The maximum absolute atomic E-state index is 12.6. The van der Waals surface area contributed by atoms with E-state index in [-0.39, 0.29) is 15.5 Å². The molecule has 2 aromatic carbocycles. The summed E-state index contributed by atoms with van der Waals surface area (Å²) in [7, 11) is -3.84. The molecule has 116 valence electrons. The van der Waals surface area contributed by atoms with Crippen LogP contribution >= 0.6 is 27.3 Å². The highest BCUT2D eigenvalue weighted by Crippen LogP contribution is 2.30. The number of benzene rings is 2. The molecule has 2 heterocycles. The van der Waals surface area contributed by atoms with Gasteiger partial charge in [0.15, 0.2) is 10.6 Å². The topological polar surface area (TPSA) is 98.0 Å². The number of rotatable bonds is 3. The smallest absolute Gasteiger partial charge is 0.255 e. The molecule has 0 spiro atoms. The van der Waals surface area contributed by atoms with E-state index in [0.717, 1.165) is 14.7 Å². The summed E-state index contributed by atoms with van der Waals surface area (Å²) >= 11 is 4.63. The third kappa shape index (κ3) is 2.58. The van der Waals surface area contributed by atoms with Gasteiger partial charge in [-0.25, -0.2) is 18.0 Å². The van der Waals surface area contributed by atoms with Crippen molar-refractivity contribution in [2.75, 3.05) is 4.72 Å². The summed E-state index contributed by atoms with van der Waals surface area (Å²) < 4.78 is 34.0. The van der Waals surface area contributed by atoms with Crippen LogP contribution in [0.2, 0.25) is 0 Å². The van der Waals surface area contributed by atoms with Gasteiger partial charge in [0.1, 0.15) is 10.4 Å². The Kier molecular flexibility index (Phi) is 3.32. The number of sulfonamides is 1. The van der Waals surface area contributed by atoms with E-state index >= 15 is 0 Å². The van der Waals surface area contributed by atoms with Gasteiger partial charge in [-0.1, -0.05) is 33.3 Å². The summed E-state index contributed by atoms with van der Waals surface area (Å²) in [5.74, 6) is 0. The van der Waals surface area contributed by atoms with E-state index in [1.165, 1.54) is 17.4 Å². The number of thiazole rings is 1. The molecular weight excluding hydrogens is 404 g/mol. The highest BCUT2D eigenvalue weighted by Gasteiger charge is 2.21. The molecule has 7 nitrogen and oxygen atoms in total. The summed E-state index contributed by atoms with van der Waals surface area (Å²) in [6.07, 6.45) is 0. The number of aromatic nitrogens is 3. The minimum atomic E-state index is -3.84. The fraction of sp³-hybridized carbons (Fsp3) is 0. The Labute approximate surface area is 142 Å². The van der Waals surface area contributed by atoms with Crippen LogP contribution in [-0.2, 0) is 10.0 Å². The molecule has 0 aliphatic carbocycles. The minimum absolute atomic E-state index is 0.00307. The van der Waals surface area contributed by atoms with Crippen molar-refractivity contribution in [3.8, 4) is 0 Å². The highest BCUT2D eigenvalue weighted by atomic mass is 79.9. The molecule has 0 saturated carbocycles. The molecule has 0 atom stereocenters. The molecule has 10 heteroatoms. The maximum atomic E-state index is 12.6. The van der Waals surface area contributed by atoms with Crippen molar-refractivity contribution in [3.63, 3.8) is 0 Å². The third-order valence-corrected chi connectivity index (χ3v) is 6.04. The lowest BCUT2D eigenvalue weighted by Crippen LogP contribution is -2.13. The van der Waals surface area contributed by atoms with Gasteiger partial charge in [0, 0.05) is 4.47 Å². The van der Waals surface area contributed by atoms with Gasteiger partial charge in [0.05, 0.1) is 10.2 Å². The number of hydrogen-bond acceptors (Lipinski definition) is 7. The Morgan fingerprint density at radius 3 is 2.87 bits per heavy atom. The SMILES string of the molecule is O=S(=O)(Nc1nc2ccc(Br)cc2s1)c1cccc2nonc12. The number of hydrogen-bond donors (Lipinski definition) is 1. The molecule has 2 aromatic heterocycles. The third-order valence-electron chi connectivity index (χ3n) is 3.11. The standard InChI is InChI=1S/C13H7BrN4O3S2/c14-7-4-5-8-10(6-7)22-13(15-8)18-23(19,20)11-3-1-2-9-12(11)17-21-16-9/h1-6H,(H,15,18). The molecule has 0 fully saturated rings. The second-order valence-electron chi connectivity index (χ2n) is 4.62. The zero-order chi connectivity index (χ0) is 16.0. The average Bonchev–Trinajstić information content (AvgIpc) is 3.11. The van der Waals surface area contributed by atoms with Crippen LogP contribution < -0.4 is 4.72 Å². The molecule has 1 N–H and O–H groups in total. The van der Waals surface area contributed by atoms with E-state index < -0.39 is 10.0 Å². The lowest BCUT2D eigenvalue weighted by atomic mass is 10.3. The first-order chi connectivity index (χ1) is 11.0. The Morgan fingerprint density at radius 2 is 2.00 bits per heavy atom. The van der Waals surface area contributed by atoms with Gasteiger partial charge >= 0.3 is 0 Å². The van der Waals surface area contributed by atoms with E-state index in [1.54, 1.807) is 12.1 Å². The number of nitrogens with zero attached hydrogens (tertiary/aromatic N) is 3. The van der Waals surface area contributed by atoms with Crippen LogP contribution in [0.25, 0.3) is 21.3 Å². The number of fused-ring (bicyclic) bond motifs is 2. The van der Waals surface area contributed by atoms with Crippen LogP contribution in [0.3, 0.4) is 0 Å². The molecule has 0 bridgehead atoms. The molecular formula is C13H7BrN4O3S2.